The molecule has 1 aromatic rings. The van der Waals surface area contributed by atoms with E-state index in [0.29, 0.717) is 29.8 Å². The Morgan fingerprint density at radius 3 is 2.73 bits per heavy atom. The number of carbonyl (C=O) groups is 1. The van der Waals surface area contributed by atoms with Gasteiger partial charge in [0.05, 0.1) is 13.2 Å². The Morgan fingerprint density at radius 2 is 2.09 bits per heavy atom. The third kappa shape index (κ3) is 4.97. The maximum Gasteiger partial charge on any atom is 0.238 e. The SMILES string of the molecule is Cc1ccc(NC(=O)CN(CCO)C2CCCCC2)cc1Cl. The van der Waals surface area contributed by atoms with E-state index in [2.05, 4.69) is 10.2 Å². The standard InChI is InChI=1S/C17H25ClN2O2/c1-13-7-8-14(11-16(13)18)19-17(22)12-20(9-10-21)15-5-3-2-4-6-15/h7-8,11,15,21H,2-6,9-10,12H2,1H3,(H,19,22). The highest BCUT2D eigenvalue weighted by Gasteiger charge is 2.22. The summed E-state index contributed by atoms with van der Waals surface area (Å²) in [4.78, 5) is 14.4. The van der Waals surface area contributed by atoms with Crippen LogP contribution in [-0.2, 0) is 4.79 Å². The molecule has 2 rings (SSSR count). The molecule has 0 atom stereocenters. The Hall–Kier alpha value is -1.10. The van der Waals surface area contributed by atoms with E-state index in [1.807, 2.05) is 19.1 Å². The lowest BCUT2D eigenvalue weighted by atomic mass is 9.94. The maximum atomic E-state index is 12.3. The molecule has 1 saturated carbocycles. The number of hydrogen-bond acceptors (Lipinski definition) is 3. The van der Waals surface area contributed by atoms with Crippen LogP contribution >= 0.6 is 11.6 Å². The quantitative estimate of drug-likeness (QED) is 0.844. The summed E-state index contributed by atoms with van der Waals surface area (Å²) in [5.41, 5.74) is 1.71. The molecule has 0 unspecified atom stereocenters. The van der Waals surface area contributed by atoms with E-state index in [1.54, 1.807) is 6.07 Å². The summed E-state index contributed by atoms with van der Waals surface area (Å²) in [5.74, 6) is -0.0565. The van der Waals surface area contributed by atoms with Gasteiger partial charge >= 0.3 is 0 Å². The van der Waals surface area contributed by atoms with Crippen molar-refractivity contribution in [3.63, 3.8) is 0 Å². The van der Waals surface area contributed by atoms with Gasteiger partial charge in [-0.15, -0.1) is 0 Å². The number of aliphatic hydroxyl groups is 1. The monoisotopic (exact) mass is 324 g/mol. The van der Waals surface area contributed by atoms with Crippen LogP contribution in [0.15, 0.2) is 18.2 Å². The van der Waals surface area contributed by atoms with Crippen molar-refractivity contribution < 1.29 is 9.90 Å². The first kappa shape index (κ1) is 17.3. The van der Waals surface area contributed by atoms with Gasteiger partial charge in [-0.2, -0.15) is 0 Å². The normalized spacial score (nSPS) is 16.0. The summed E-state index contributed by atoms with van der Waals surface area (Å²) in [6, 6.07) is 5.93. The minimum Gasteiger partial charge on any atom is -0.395 e. The Balaban J connectivity index is 1.93. The van der Waals surface area contributed by atoms with Crippen molar-refractivity contribution in [2.24, 2.45) is 0 Å². The number of hydrogen-bond donors (Lipinski definition) is 2. The highest BCUT2D eigenvalue weighted by atomic mass is 35.5. The van der Waals surface area contributed by atoms with Crippen LogP contribution < -0.4 is 5.32 Å². The molecule has 0 aromatic heterocycles. The Morgan fingerprint density at radius 1 is 1.36 bits per heavy atom. The molecule has 0 spiro atoms. The molecule has 1 aliphatic rings. The van der Waals surface area contributed by atoms with Crippen molar-refractivity contribution in [1.82, 2.24) is 4.90 Å². The number of carbonyl (C=O) groups excluding carboxylic acids is 1. The molecule has 0 heterocycles. The molecule has 122 valence electrons. The van der Waals surface area contributed by atoms with Crippen LogP contribution in [0.1, 0.15) is 37.7 Å². The molecule has 2 N–H and O–H groups in total. The number of amides is 1. The number of anilines is 1. The van der Waals surface area contributed by atoms with Gasteiger partial charge < -0.3 is 10.4 Å². The zero-order valence-corrected chi connectivity index (χ0v) is 13.9. The van der Waals surface area contributed by atoms with Crippen LogP contribution in [0, 0.1) is 6.92 Å². The number of nitrogens with zero attached hydrogens (tertiary/aromatic N) is 1. The number of aryl methyl sites for hydroxylation is 1. The van der Waals surface area contributed by atoms with Crippen molar-refractivity contribution in [1.29, 1.82) is 0 Å². The topological polar surface area (TPSA) is 52.6 Å². The van der Waals surface area contributed by atoms with Crippen LogP contribution in [0.25, 0.3) is 0 Å². The van der Waals surface area contributed by atoms with Gasteiger partial charge in [-0.3, -0.25) is 9.69 Å². The molecule has 1 amide bonds. The van der Waals surface area contributed by atoms with E-state index in [4.69, 9.17) is 11.6 Å². The fraction of sp³-hybridized carbons (Fsp3) is 0.588. The van der Waals surface area contributed by atoms with Gasteiger partial charge in [0.1, 0.15) is 0 Å². The van der Waals surface area contributed by atoms with Gasteiger partial charge in [-0.1, -0.05) is 36.9 Å². The third-order valence-corrected chi connectivity index (χ3v) is 4.69. The molecule has 4 nitrogen and oxygen atoms in total. The highest BCUT2D eigenvalue weighted by Crippen LogP contribution is 2.23. The Kier molecular flexibility index (Phi) is 6.68. The zero-order valence-electron chi connectivity index (χ0n) is 13.1. The fourth-order valence-electron chi connectivity index (χ4n) is 3.02. The molecule has 0 radical (unpaired) electrons. The van der Waals surface area contributed by atoms with Crippen LogP contribution in [-0.4, -0.2) is 41.7 Å². The molecule has 1 aliphatic carbocycles. The van der Waals surface area contributed by atoms with Crippen molar-refractivity contribution in [3.8, 4) is 0 Å². The third-order valence-electron chi connectivity index (χ3n) is 4.28. The van der Waals surface area contributed by atoms with Gasteiger partial charge in [0, 0.05) is 23.3 Å². The van der Waals surface area contributed by atoms with E-state index in [1.165, 1.54) is 19.3 Å². The smallest absolute Gasteiger partial charge is 0.238 e. The lowest BCUT2D eigenvalue weighted by Crippen LogP contribution is -2.43. The molecule has 0 bridgehead atoms. The van der Waals surface area contributed by atoms with E-state index in [9.17, 15) is 9.90 Å². The highest BCUT2D eigenvalue weighted by molar-refractivity contribution is 6.31. The van der Waals surface area contributed by atoms with E-state index in [-0.39, 0.29) is 12.5 Å². The van der Waals surface area contributed by atoms with Crippen molar-refractivity contribution in [3.05, 3.63) is 28.8 Å². The first-order valence-electron chi connectivity index (χ1n) is 8.01. The summed E-state index contributed by atoms with van der Waals surface area (Å²) in [6.45, 7) is 2.88. The van der Waals surface area contributed by atoms with Crippen LogP contribution in [0.2, 0.25) is 5.02 Å². The van der Waals surface area contributed by atoms with E-state index < -0.39 is 0 Å². The molecule has 1 fully saturated rings. The number of nitrogens with one attached hydrogen (secondary N) is 1. The molecule has 1 aromatic carbocycles. The van der Waals surface area contributed by atoms with Gasteiger partial charge in [0.2, 0.25) is 5.91 Å². The first-order chi connectivity index (χ1) is 10.6. The van der Waals surface area contributed by atoms with Crippen LogP contribution in [0.5, 0.6) is 0 Å². The molecular weight excluding hydrogens is 300 g/mol. The number of aliphatic hydroxyl groups excluding tert-OH is 1. The lowest BCUT2D eigenvalue weighted by Gasteiger charge is -2.33. The summed E-state index contributed by atoms with van der Waals surface area (Å²) in [7, 11) is 0. The second kappa shape index (κ2) is 8.51. The first-order valence-corrected chi connectivity index (χ1v) is 8.39. The second-order valence-corrected chi connectivity index (χ2v) is 6.41. The van der Waals surface area contributed by atoms with Gasteiger partial charge in [0.25, 0.3) is 0 Å². The molecule has 22 heavy (non-hydrogen) atoms. The van der Waals surface area contributed by atoms with Crippen molar-refractivity contribution in [2.75, 3.05) is 25.0 Å². The summed E-state index contributed by atoms with van der Waals surface area (Å²) < 4.78 is 0. The van der Waals surface area contributed by atoms with Crippen molar-refractivity contribution in [2.45, 2.75) is 45.1 Å². The molecule has 0 aliphatic heterocycles. The Labute approximate surface area is 137 Å². The molecule has 0 saturated heterocycles. The second-order valence-electron chi connectivity index (χ2n) is 6.00. The number of rotatable bonds is 6. The largest absolute Gasteiger partial charge is 0.395 e. The average Bonchev–Trinajstić information content (AvgIpc) is 2.51. The molecule has 5 heteroatoms. The summed E-state index contributed by atoms with van der Waals surface area (Å²) in [5, 5.41) is 12.8. The van der Waals surface area contributed by atoms with Gasteiger partial charge in [0.15, 0.2) is 0 Å². The molecular formula is C17H25ClN2O2. The minimum atomic E-state index is -0.0565. The Bertz CT molecular complexity index is 501. The van der Waals surface area contributed by atoms with Gasteiger partial charge in [-0.25, -0.2) is 0 Å². The summed E-state index contributed by atoms with van der Waals surface area (Å²) >= 11 is 6.08. The number of halogens is 1. The van der Waals surface area contributed by atoms with Gasteiger partial charge in [-0.05, 0) is 37.5 Å². The van der Waals surface area contributed by atoms with Crippen LogP contribution in [0.3, 0.4) is 0 Å². The predicted molar refractivity (Wildman–Crippen MR) is 90.4 cm³/mol. The fourth-order valence-corrected chi connectivity index (χ4v) is 3.20. The minimum absolute atomic E-state index is 0.0565. The maximum absolute atomic E-state index is 12.3. The zero-order chi connectivity index (χ0) is 15.9. The van der Waals surface area contributed by atoms with E-state index in [0.717, 1.165) is 18.4 Å². The van der Waals surface area contributed by atoms with Crippen molar-refractivity contribution >= 4 is 23.2 Å². The lowest BCUT2D eigenvalue weighted by molar-refractivity contribution is -0.118. The van der Waals surface area contributed by atoms with Crippen LogP contribution in [0.4, 0.5) is 5.69 Å². The average molecular weight is 325 g/mol. The summed E-state index contributed by atoms with van der Waals surface area (Å²) in [6.07, 6.45) is 5.92. The number of benzene rings is 1. The predicted octanol–water partition coefficient (Wildman–Crippen LogP) is 3.21. The van der Waals surface area contributed by atoms with E-state index >= 15 is 0 Å².